The fourth-order valence-electron chi connectivity index (χ4n) is 3.37. The van der Waals surface area contributed by atoms with Gasteiger partial charge in [0.2, 0.25) is 0 Å². The fraction of sp³-hybridized carbons (Fsp3) is 0.176. The molecule has 3 aromatic carbocycles. The van der Waals surface area contributed by atoms with E-state index in [1.54, 1.807) is 0 Å². The Morgan fingerprint density at radius 3 is 2.78 bits per heavy atom. The molecule has 3 aromatic rings. The molecule has 0 saturated carbocycles. The van der Waals surface area contributed by atoms with Gasteiger partial charge < -0.3 is 5.73 Å². The molecular formula is C17H15N. The van der Waals surface area contributed by atoms with Gasteiger partial charge in [0.1, 0.15) is 0 Å². The van der Waals surface area contributed by atoms with E-state index in [1.807, 2.05) is 6.07 Å². The van der Waals surface area contributed by atoms with Crippen molar-refractivity contribution >= 4 is 27.2 Å². The van der Waals surface area contributed by atoms with Crippen molar-refractivity contribution in [3.05, 3.63) is 53.6 Å². The van der Waals surface area contributed by atoms with Gasteiger partial charge in [0.05, 0.1) is 0 Å². The first-order valence-corrected chi connectivity index (χ1v) is 6.48. The highest BCUT2D eigenvalue weighted by Crippen LogP contribution is 2.41. The van der Waals surface area contributed by atoms with Crippen molar-refractivity contribution in [3.8, 4) is 0 Å². The molecule has 0 aliphatic heterocycles. The second kappa shape index (κ2) is 3.26. The molecule has 0 aromatic heterocycles. The minimum atomic E-state index is 0.577. The van der Waals surface area contributed by atoms with E-state index in [2.05, 4.69) is 43.3 Å². The Balaban J connectivity index is 2.37. The van der Waals surface area contributed by atoms with Crippen LogP contribution >= 0.6 is 0 Å². The van der Waals surface area contributed by atoms with E-state index >= 15 is 0 Å². The van der Waals surface area contributed by atoms with E-state index < -0.39 is 0 Å². The highest BCUT2D eigenvalue weighted by Gasteiger charge is 2.20. The third-order valence-corrected chi connectivity index (χ3v) is 4.23. The Bertz CT molecular complexity index is 786. The van der Waals surface area contributed by atoms with Gasteiger partial charge in [-0.3, -0.25) is 0 Å². The molecule has 1 aliphatic rings. The minimum absolute atomic E-state index is 0.577. The van der Waals surface area contributed by atoms with Crippen LogP contribution in [0.4, 0.5) is 5.69 Å². The Hall–Kier alpha value is -2.02. The molecule has 1 atom stereocenters. The molecule has 0 fully saturated rings. The lowest BCUT2D eigenvalue weighted by atomic mass is 9.80. The maximum absolute atomic E-state index is 6.14. The molecule has 0 radical (unpaired) electrons. The van der Waals surface area contributed by atoms with Crippen LogP contribution in [0.15, 0.2) is 42.5 Å². The number of hydrogen-bond acceptors (Lipinski definition) is 1. The Kier molecular flexibility index (Phi) is 1.80. The van der Waals surface area contributed by atoms with Gasteiger partial charge in [-0.2, -0.15) is 0 Å². The van der Waals surface area contributed by atoms with E-state index in [1.165, 1.54) is 32.7 Å². The van der Waals surface area contributed by atoms with Crippen LogP contribution < -0.4 is 5.73 Å². The lowest BCUT2D eigenvalue weighted by Crippen LogP contribution is -2.06. The first-order valence-electron chi connectivity index (χ1n) is 6.48. The van der Waals surface area contributed by atoms with Crippen molar-refractivity contribution in [2.45, 2.75) is 19.3 Å². The summed E-state index contributed by atoms with van der Waals surface area (Å²) >= 11 is 0. The number of anilines is 1. The van der Waals surface area contributed by atoms with E-state index in [0.717, 1.165) is 12.1 Å². The van der Waals surface area contributed by atoms with Crippen LogP contribution in [0.5, 0.6) is 0 Å². The Labute approximate surface area is 106 Å². The van der Waals surface area contributed by atoms with Gasteiger partial charge in [0.15, 0.2) is 0 Å². The molecule has 2 N–H and O–H groups in total. The van der Waals surface area contributed by atoms with Crippen LogP contribution in [0.1, 0.15) is 24.0 Å². The van der Waals surface area contributed by atoms with Crippen LogP contribution in [-0.2, 0) is 6.42 Å². The zero-order valence-corrected chi connectivity index (χ0v) is 10.4. The van der Waals surface area contributed by atoms with Crippen molar-refractivity contribution in [2.24, 2.45) is 0 Å². The molecule has 18 heavy (non-hydrogen) atoms. The molecule has 4 rings (SSSR count). The summed E-state index contributed by atoms with van der Waals surface area (Å²) in [6, 6.07) is 15.2. The zero-order chi connectivity index (χ0) is 12.3. The van der Waals surface area contributed by atoms with Crippen molar-refractivity contribution in [1.29, 1.82) is 0 Å². The monoisotopic (exact) mass is 233 g/mol. The first kappa shape index (κ1) is 9.95. The molecule has 88 valence electrons. The van der Waals surface area contributed by atoms with Crippen molar-refractivity contribution in [1.82, 2.24) is 0 Å². The van der Waals surface area contributed by atoms with E-state index in [0.29, 0.717) is 5.92 Å². The van der Waals surface area contributed by atoms with Gasteiger partial charge in [-0.1, -0.05) is 43.3 Å². The largest absolute Gasteiger partial charge is 0.398 e. The van der Waals surface area contributed by atoms with Crippen molar-refractivity contribution in [2.75, 3.05) is 5.73 Å². The minimum Gasteiger partial charge on any atom is -0.398 e. The van der Waals surface area contributed by atoms with Gasteiger partial charge in [-0.05, 0) is 45.7 Å². The average Bonchev–Trinajstić information content (AvgIpc) is 2.38. The van der Waals surface area contributed by atoms with Gasteiger partial charge in [-0.15, -0.1) is 0 Å². The summed E-state index contributed by atoms with van der Waals surface area (Å²) in [5.74, 6) is 0.577. The maximum atomic E-state index is 6.14. The Morgan fingerprint density at radius 1 is 1.00 bits per heavy atom. The summed E-state index contributed by atoms with van der Waals surface area (Å²) in [6.07, 6.45) is 1.13. The van der Waals surface area contributed by atoms with Crippen molar-refractivity contribution in [3.63, 3.8) is 0 Å². The lowest BCUT2D eigenvalue weighted by Gasteiger charge is -2.24. The molecule has 0 bridgehead atoms. The predicted octanol–water partition coefficient (Wildman–Crippen LogP) is 4.23. The molecule has 0 heterocycles. The quantitative estimate of drug-likeness (QED) is 0.456. The molecule has 0 spiro atoms. The molecular weight excluding hydrogens is 218 g/mol. The summed E-state index contributed by atoms with van der Waals surface area (Å²) in [7, 11) is 0. The third-order valence-electron chi connectivity index (χ3n) is 4.23. The van der Waals surface area contributed by atoms with Crippen LogP contribution in [-0.4, -0.2) is 0 Å². The predicted molar refractivity (Wildman–Crippen MR) is 78.0 cm³/mol. The topological polar surface area (TPSA) is 26.0 Å². The van der Waals surface area contributed by atoms with Crippen LogP contribution in [0.2, 0.25) is 0 Å². The summed E-state index contributed by atoms with van der Waals surface area (Å²) in [6.45, 7) is 2.31. The average molecular weight is 233 g/mol. The molecule has 1 aliphatic carbocycles. The van der Waals surface area contributed by atoms with E-state index in [9.17, 15) is 0 Å². The number of nitrogen functional groups attached to an aromatic ring is 1. The summed E-state index contributed by atoms with van der Waals surface area (Å²) in [4.78, 5) is 0. The number of rotatable bonds is 0. The highest BCUT2D eigenvalue weighted by atomic mass is 14.6. The van der Waals surface area contributed by atoms with Gasteiger partial charge in [0, 0.05) is 11.1 Å². The highest BCUT2D eigenvalue weighted by molar-refractivity contribution is 6.14. The SMILES string of the molecule is CC1Cc2cccc3ccc4c(N)ccc1c4c23. The van der Waals surface area contributed by atoms with Gasteiger partial charge >= 0.3 is 0 Å². The normalized spacial score (nSPS) is 17.7. The molecule has 0 amide bonds. The smallest absolute Gasteiger partial charge is 0.0394 e. The zero-order valence-electron chi connectivity index (χ0n) is 10.4. The fourth-order valence-corrected chi connectivity index (χ4v) is 3.37. The second-order valence-electron chi connectivity index (χ2n) is 5.35. The molecule has 1 nitrogen and oxygen atoms in total. The lowest BCUT2D eigenvalue weighted by molar-refractivity contribution is 0.764. The van der Waals surface area contributed by atoms with Crippen LogP contribution in [0, 0.1) is 0 Å². The number of nitrogens with two attached hydrogens (primary N) is 1. The molecule has 1 heteroatoms. The van der Waals surface area contributed by atoms with Gasteiger partial charge in [0.25, 0.3) is 0 Å². The maximum Gasteiger partial charge on any atom is 0.0394 e. The van der Waals surface area contributed by atoms with Gasteiger partial charge in [-0.25, -0.2) is 0 Å². The Morgan fingerprint density at radius 2 is 1.89 bits per heavy atom. The van der Waals surface area contributed by atoms with Crippen LogP contribution in [0.25, 0.3) is 21.5 Å². The van der Waals surface area contributed by atoms with E-state index in [-0.39, 0.29) is 0 Å². The molecule has 1 unspecified atom stereocenters. The molecule has 0 saturated heterocycles. The second-order valence-corrected chi connectivity index (χ2v) is 5.35. The first-order chi connectivity index (χ1) is 8.75. The van der Waals surface area contributed by atoms with E-state index in [4.69, 9.17) is 5.73 Å². The number of hydrogen-bond donors (Lipinski definition) is 1. The third kappa shape index (κ3) is 1.11. The van der Waals surface area contributed by atoms with Crippen molar-refractivity contribution < 1.29 is 0 Å². The van der Waals surface area contributed by atoms with Crippen LogP contribution in [0.3, 0.4) is 0 Å². The summed E-state index contributed by atoms with van der Waals surface area (Å²) in [5.41, 5.74) is 9.93. The standard InChI is InChI=1S/C17H15N/c1-10-9-12-4-2-3-11-5-6-14-15(18)8-7-13(10)17(14)16(11)12/h2-8,10H,9,18H2,1H3. The summed E-state index contributed by atoms with van der Waals surface area (Å²) < 4.78 is 0. The summed E-state index contributed by atoms with van der Waals surface area (Å²) in [5, 5.41) is 5.33. The number of benzene rings is 3.